The molecule has 1 heterocycles. The Morgan fingerprint density at radius 1 is 1.44 bits per heavy atom. The Labute approximate surface area is 97.9 Å². The van der Waals surface area contributed by atoms with Gasteiger partial charge in [-0.25, -0.2) is 0 Å². The molecule has 0 N–H and O–H groups in total. The first-order chi connectivity index (χ1) is 7.65. The van der Waals surface area contributed by atoms with Crippen LogP contribution in [-0.4, -0.2) is 49.3 Å². The van der Waals surface area contributed by atoms with Crippen molar-refractivity contribution in [3.05, 3.63) is 0 Å². The monoisotopic (exact) mass is 229 g/mol. The van der Waals surface area contributed by atoms with E-state index in [2.05, 4.69) is 18.7 Å². The summed E-state index contributed by atoms with van der Waals surface area (Å²) in [6.07, 6.45) is 1.98. The van der Waals surface area contributed by atoms with E-state index in [1.165, 1.54) is 6.92 Å². The molecular formula is C12H23NO3. The van der Waals surface area contributed by atoms with E-state index in [0.717, 1.165) is 39.1 Å². The fourth-order valence-corrected chi connectivity index (χ4v) is 2.12. The molecule has 1 aliphatic heterocycles. The van der Waals surface area contributed by atoms with E-state index in [-0.39, 0.29) is 18.1 Å². The minimum Gasteiger partial charge on any atom is -0.461 e. The molecule has 4 heteroatoms. The number of rotatable bonds is 5. The van der Waals surface area contributed by atoms with Crippen LogP contribution < -0.4 is 0 Å². The van der Waals surface area contributed by atoms with Crippen LogP contribution in [0.1, 0.15) is 33.6 Å². The van der Waals surface area contributed by atoms with Crippen LogP contribution in [0, 0.1) is 0 Å². The molecule has 1 fully saturated rings. The lowest BCUT2D eigenvalue weighted by Crippen LogP contribution is -2.48. The number of hydrogen-bond donors (Lipinski definition) is 0. The number of hydrogen-bond acceptors (Lipinski definition) is 4. The average Bonchev–Trinajstić information content (AvgIpc) is 2.28. The van der Waals surface area contributed by atoms with Gasteiger partial charge in [0.1, 0.15) is 6.10 Å². The summed E-state index contributed by atoms with van der Waals surface area (Å²) < 4.78 is 10.7. The van der Waals surface area contributed by atoms with Crippen LogP contribution in [0.15, 0.2) is 0 Å². The molecule has 2 unspecified atom stereocenters. The number of carbonyl (C=O) groups excluding carboxylic acids is 1. The van der Waals surface area contributed by atoms with Gasteiger partial charge < -0.3 is 9.47 Å². The van der Waals surface area contributed by atoms with Crippen molar-refractivity contribution in [3.8, 4) is 0 Å². The zero-order chi connectivity index (χ0) is 12.0. The molecule has 0 saturated carbocycles. The molecular weight excluding hydrogens is 206 g/mol. The molecule has 0 bridgehead atoms. The number of morpholine rings is 1. The molecule has 94 valence electrons. The molecule has 1 rings (SSSR count). The molecule has 1 saturated heterocycles. The van der Waals surface area contributed by atoms with Crippen LogP contribution >= 0.6 is 0 Å². The highest BCUT2D eigenvalue weighted by atomic mass is 16.5. The highest BCUT2D eigenvalue weighted by Gasteiger charge is 2.26. The number of carbonyl (C=O) groups is 1. The van der Waals surface area contributed by atoms with E-state index in [1.807, 2.05) is 0 Å². The van der Waals surface area contributed by atoms with E-state index in [9.17, 15) is 4.79 Å². The smallest absolute Gasteiger partial charge is 0.302 e. The lowest BCUT2D eigenvalue weighted by atomic mass is 10.1. The third-order valence-electron chi connectivity index (χ3n) is 3.05. The van der Waals surface area contributed by atoms with E-state index in [1.54, 1.807) is 0 Å². The van der Waals surface area contributed by atoms with Gasteiger partial charge in [0.25, 0.3) is 0 Å². The topological polar surface area (TPSA) is 38.8 Å². The minimum absolute atomic E-state index is 0.0144. The lowest BCUT2D eigenvalue weighted by Gasteiger charge is -2.36. The van der Waals surface area contributed by atoms with Crippen molar-refractivity contribution >= 4 is 5.97 Å². The molecule has 0 radical (unpaired) electrons. The van der Waals surface area contributed by atoms with Crippen LogP contribution in [0.25, 0.3) is 0 Å². The summed E-state index contributed by atoms with van der Waals surface area (Å²) in [5.41, 5.74) is 0. The zero-order valence-electron chi connectivity index (χ0n) is 10.6. The molecule has 16 heavy (non-hydrogen) atoms. The predicted octanol–water partition coefficient (Wildman–Crippen LogP) is 1.44. The van der Waals surface area contributed by atoms with Gasteiger partial charge in [-0.15, -0.1) is 0 Å². The van der Waals surface area contributed by atoms with Crippen LogP contribution in [0.4, 0.5) is 0 Å². The van der Waals surface area contributed by atoms with Crippen LogP contribution in [0.5, 0.6) is 0 Å². The SMILES string of the molecule is CCCC(OC(C)=O)C(C)N1CCOCC1. The van der Waals surface area contributed by atoms with E-state index < -0.39 is 0 Å². The minimum atomic E-state index is -0.182. The Morgan fingerprint density at radius 2 is 2.06 bits per heavy atom. The summed E-state index contributed by atoms with van der Waals surface area (Å²) in [5.74, 6) is -0.182. The van der Waals surface area contributed by atoms with Crippen molar-refractivity contribution in [2.24, 2.45) is 0 Å². The Kier molecular flexibility index (Phi) is 5.77. The van der Waals surface area contributed by atoms with Gasteiger partial charge in [0, 0.05) is 26.1 Å². The third-order valence-corrected chi connectivity index (χ3v) is 3.05. The maximum absolute atomic E-state index is 11.1. The van der Waals surface area contributed by atoms with Crippen molar-refractivity contribution < 1.29 is 14.3 Å². The standard InChI is InChI=1S/C12H23NO3/c1-4-5-12(16-11(3)14)10(2)13-6-8-15-9-7-13/h10,12H,4-9H2,1-3H3. The van der Waals surface area contributed by atoms with Gasteiger partial charge in [0.2, 0.25) is 0 Å². The molecule has 2 atom stereocenters. The maximum atomic E-state index is 11.1. The fraction of sp³-hybridized carbons (Fsp3) is 0.917. The molecule has 1 aliphatic rings. The first kappa shape index (κ1) is 13.5. The van der Waals surface area contributed by atoms with Crippen LogP contribution in [-0.2, 0) is 14.3 Å². The Bertz CT molecular complexity index is 214. The van der Waals surface area contributed by atoms with Gasteiger partial charge in [0.05, 0.1) is 13.2 Å². The second kappa shape index (κ2) is 6.86. The Morgan fingerprint density at radius 3 is 2.56 bits per heavy atom. The molecule has 0 aromatic rings. The lowest BCUT2D eigenvalue weighted by molar-refractivity contribution is -0.151. The van der Waals surface area contributed by atoms with Crippen molar-refractivity contribution in [3.63, 3.8) is 0 Å². The van der Waals surface area contributed by atoms with Gasteiger partial charge in [-0.05, 0) is 13.3 Å². The summed E-state index contributed by atoms with van der Waals surface area (Å²) in [5, 5.41) is 0. The highest BCUT2D eigenvalue weighted by molar-refractivity contribution is 5.66. The van der Waals surface area contributed by atoms with E-state index in [0.29, 0.717) is 0 Å². The van der Waals surface area contributed by atoms with Gasteiger partial charge in [-0.1, -0.05) is 13.3 Å². The average molecular weight is 229 g/mol. The second-order valence-corrected chi connectivity index (χ2v) is 4.33. The van der Waals surface area contributed by atoms with Gasteiger partial charge in [-0.2, -0.15) is 0 Å². The van der Waals surface area contributed by atoms with Crippen molar-refractivity contribution in [2.75, 3.05) is 26.3 Å². The summed E-state index contributed by atoms with van der Waals surface area (Å²) in [4.78, 5) is 13.4. The largest absolute Gasteiger partial charge is 0.461 e. The fourth-order valence-electron chi connectivity index (χ4n) is 2.12. The van der Waals surface area contributed by atoms with Crippen LogP contribution in [0.2, 0.25) is 0 Å². The molecule has 0 aromatic heterocycles. The summed E-state index contributed by atoms with van der Waals surface area (Å²) in [7, 11) is 0. The number of esters is 1. The Balaban J connectivity index is 2.50. The van der Waals surface area contributed by atoms with Crippen LogP contribution in [0.3, 0.4) is 0 Å². The second-order valence-electron chi connectivity index (χ2n) is 4.33. The van der Waals surface area contributed by atoms with E-state index in [4.69, 9.17) is 9.47 Å². The van der Waals surface area contributed by atoms with Crippen molar-refractivity contribution in [1.82, 2.24) is 4.90 Å². The summed E-state index contributed by atoms with van der Waals surface area (Å²) >= 11 is 0. The van der Waals surface area contributed by atoms with E-state index >= 15 is 0 Å². The normalized spacial score (nSPS) is 21.4. The molecule has 0 aromatic carbocycles. The molecule has 0 spiro atoms. The first-order valence-electron chi connectivity index (χ1n) is 6.14. The maximum Gasteiger partial charge on any atom is 0.302 e. The zero-order valence-corrected chi connectivity index (χ0v) is 10.6. The number of ether oxygens (including phenoxy) is 2. The highest BCUT2D eigenvalue weighted by Crippen LogP contribution is 2.15. The Hall–Kier alpha value is -0.610. The summed E-state index contributed by atoms with van der Waals surface area (Å²) in [6, 6.07) is 0.285. The third kappa shape index (κ3) is 4.10. The van der Waals surface area contributed by atoms with Crippen molar-refractivity contribution in [1.29, 1.82) is 0 Å². The number of nitrogens with zero attached hydrogens (tertiary/aromatic N) is 1. The first-order valence-corrected chi connectivity index (χ1v) is 6.14. The quantitative estimate of drug-likeness (QED) is 0.669. The van der Waals surface area contributed by atoms with Gasteiger partial charge >= 0.3 is 5.97 Å². The van der Waals surface area contributed by atoms with Crippen molar-refractivity contribution in [2.45, 2.75) is 45.8 Å². The molecule has 0 amide bonds. The molecule has 4 nitrogen and oxygen atoms in total. The van der Waals surface area contributed by atoms with Gasteiger partial charge in [0.15, 0.2) is 0 Å². The predicted molar refractivity (Wildman–Crippen MR) is 62.3 cm³/mol. The summed E-state index contributed by atoms with van der Waals surface area (Å²) in [6.45, 7) is 9.16. The molecule has 0 aliphatic carbocycles. The van der Waals surface area contributed by atoms with Gasteiger partial charge in [-0.3, -0.25) is 9.69 Å².